The van der Waals surface area contributed by atoms with E-state index in [-0.39, 0.29) is 29.7 Å². The fraction of sp³-hybridized carbons (Fsp3) is 0.172. The molecule has 40 heavy (non-hydrogen) atoms. The van der Waals surface area contributed by atoms with Gasteiger partial charge in [-0.25, -0.2) is 0 Å². The van der Waals surface area contributed by atoms with Crippen LogP contribution in [0.5, 0.6) is 11.5 Å². The van der Waals surface area contributed by atoms with Crippen molar-refractivity contribution in [2.24, 2.45) is 0 Å². The number of nitrogens with zero attached hydrogens (tertiary/aromatic N) is 1. The zero-order valence-corrected chi connectivity index (χ0v) is 25.7. The molecule has 1 fully saturated rings. The number of methoxy groups -OCH3 is 1. The first kappa shape index (κ1) is 29.6. The number of halogens is 2. The molecule has 3 aromatic rings. The number of rotatable bonds is 9. The van der Waals surface area contributed by atoms with Gasteiger partial charge < -0.3 is 14.8 Å². The van der Waals surface area contributed by atoms with Crippen LogP contribution in [-0.4, -0.2) is 48.0 Å². The standard InChI is InChI=1S/C29H24Br2N2O6S/c1-16-17(2)22(10-9-21(16)31)32-27(35)15-39-24-11-4-18(12-25(24)38-3)13-26-28(36)33(29(37)40-26)14-23(34)19-5-7-20(30)8-6-19/h4-13H,14-15H2,1-3H3,(H,32,35)/b26-13+. The predicted molar refractivity (Wildman–Crippen MR) is 162 cm³/mol. The van der Waals surface area contributed by atoms with Gasteiger partial charge in [-0.1, -0.05) is 50.1 Å². The molecule has 3 amide bonds. The number of amides is 3. The van der Waals surface area contributed by atoms with Gasteiger partial charge in [0.15, 0.2) is 23.9 Å². The van der Waals surface area contributed by atoms with E-state index in [0.29, 0.717) is 28.3 Å². The zero-order valence-electron chi connectivity index (χ0n) is 21.7. The molecule has 1 saturated heterocycles. The van der Waals surface area contributed by atoms with Crippen LogP contribution < -0.4 is 14.8 Å². The zero-order chi connectivity index (χ0) is 29.0. The fourth-order valence-electron chi connectivity index (χ4n) is 3.80. The van der Waals surface area contributed by atoms with Gasteiger partial charge in [-0.15, -0.1) is 0 Å². The molecule has 0 bridgehead atoms. The van der Waals surface area contributed by atoms with Gasteiger partial charge in [0, 0.05) is 20.2 Å². The number of hydrogen-bond donors (Lipinski definition) is 1. The van der Waals surface area contributed by atoms with Crippen LogP contribution >= 0.6 is 43.6 Å². The Morgan fingerprint density at radius 1 is 0.975 bits per heavy atom. The van der Waals surface area contributed by atoms with Crippen LogP contribution in [-0.2, 0) is 9.59 Å². The Hall–Kier alpha value is -3.41. The largest absolute Gasteiger partial charge is 0.493 e. The van der Waals surface area contributed by atoms with Crippen molar-refractivity contribution in [3.8, 4) is 11.5 Å². The van der Waals surface area contributed by atoms with Crippen LogP contribution in [0.25, 0.3) is 6.08 Å². The highest BCUT2D eigenvalue weighted by atomic mass is 79.9. The normalized spacial score (nSPS) is 14.0. The first-order chi connectivity index (χ1) is 19.1. The monoisotopic (exact) mass is 686 g/mol. The lowest BCUT2D eigenvalue weighted by Gasteiger charge is -2.14. The lowest BCUT2D eigenvalue weighted by Crippen LogP contribution is -2.33. The molecule has 8 nitrogen and oxygen atoms in total. The van der Waals surface area contributed by atoms with Crippen molar-refractivity contribution in [1.29, 1.82) is 0 Å². The summed E-state index contributed by atoms with van der Waals surface area (Å²) in [5.74, 6) is -0.528. The molecule has 1 N–H and O–H groups in total. The van der Waals surface area contributed by atoms with Crippen LogP contribution in [0.1, 0.15) is 27.0 Å². The number of carbonyl (C=O) groups is 4. The summed E-state index contributed by atoms with van der Waals surface area (Å²) in [5, 5.41) is 2.33. The number of benzene rings is 3. The molecule has 0 radical (unpaired) electrons. The van der Waals surface area contributed by atoms with Gasteiger partial charge in [0.05, 0.1) is 18.6 Å². The lowest BCUT2D eigenvalue weighted by molar-refractivity contribution is -0.122. The molecule has 0 unspecified atom stereocenters. The van der Waals surface area contributed by atoms with E-state index in [1.165, 1.54) is 7.11 Å². The Labute approximate surface area is 252 Å². The Bertz CT molecular complexity index is 1540. The Morgan fingerprint density at radius 2 is 1.70 bits per heavy atom. The topological polar surface area (TPSA) is 102 Å². The second kappa shape index (κ2) is 12.8. The summed E-state index contributed by atoms with van der Waals surface area (Å²) in [6.07, 6.45) is 1.55. The molecular weight excluding hydrogens is 664 g/mol. The van der Waals surface area contributed by atoms with Gasteiger partial charge in [-0.3, -0.25) is 24.1 Å². The molecule has 4 rings (SSSR count). The van der Waals surface area contributed by atoms with Crippen LogP contribution in [0.15, 0.2) is 68.4 Å². The van der Waals surface area contributed by atoms with Crippen molar-refractivity contribution in [1.82, 2.24) is 4.90 Å². The van der Waals surface area contributed by atoms with E-state index >= 15 is 0 Å². The molecule has 1 aliphatic heterocycles. The van der Waals surface area contributed by atoms with E-state index in [1.807, 2.05) is 26.0 Å². The van der Waals surface area contributed by atoms with Crippen molar-refractivity contribution >= 4 is 78.2 Å². The molecule has 0 atom stereocenters. The Balaban J connectivity index is 1.41. The quantitative estimate of drug-likeness (QED) is 0.196. The van der Waals surface area contributed by atoms with E-state index in [0.717, 1.165) is 36.7 Å². The SMILES string of the molecule is COc1cc(/C=C2/SC(=O)N(CC(=O)c3ccc(Br)cc3)C2=O)ccc1OCC(=O)Nc1ccc(Br)c(C)c1C. The summed E-state index contributed by atoms with van der Waals surface area (Å²) in [4.78, 5) is 51.6. The average molecular weight is 688 g/mol. The van der Waals surface area contributed by atoms with Crippen molar-refractivity contribution in [3.63, 3.8) is 0 Å². The van der Waals surface area contributed by atoms with E-state index in [4.69, 9.17) is 9.47 Å². The predicted octanol–water partition coefficient (Wildman–Crippen LogP) is 6.77. The number of thioether (sulfide) groups is 1. The Morgan fingerprint density at radius 3 is 2.40 bits per heavy atom. The van der Waals surface area contributed by atoms with Crippen molar-refractivity contribution in [2.75, 3.05) is 25.6 Å². The molecule has 0 aliphatic carbocycles. The summed E-state index contributed by atoms with van der Waals surface area (Å²) >= 11 is 7.55. The van der Waals surface area contributed by atoms with Gasteiger partial charge in [-0.2, -0.15) is 0 Å². The highest BCUT2D eigenvalue weighted by molar-refractivity contribution is 9.10. The minimum atomic E-state index is -0.546. The van der Waals surface area contributed by atoms with Gasteiger partial charge in [-0.05, 0) is 84.8 Å². The maximum absolute atomic E-state index is 12.9. The minimum absolute atomic E-state index is 0.184. The highest BCUT2D eigenvalue weighted by Crippen LogP contribution is 2.35. The number of ketones is 1. The van der Waals surface area contributed by atoms with E-state index in [9.17, 15) is 19.2 Å². The summed E-state index contributed by atoms with van der Waals surface area (Å²) in [6.45, 7) is 3.30. The maximum atomic E-state index is 12.9. The number of anilines is 1. The first-order valence-electron chi connectivity index (χ1n) is 12.0. The van der Waals surface area contributed by atoms with E-state index in [1.54, 1.807) is 48.5 Å². The van der Waals surface area contributed by atoms with Crippen molar-refractivity contribution in [2.45, 2.75) is 13.8 Å². The lowest BCUT2D eigenvalue weighted by atomic mass is 10.1. The summed E-state index contributed by atoms with van der Waals surface area (Å²) in [6, 6.07) is 15.3. The summed E-state index contributed by atoms with van der Waals surface area (Å²) in [7, 11) is 1.46. The molecule has 206 valence electrons. The number of Topliss-reactive ketones (excluding diaryl/α,β-unsaturated/α-hetero) is 1. The number of imide groups is 1. The van der Waals surface area contributed by atoms with Crippen LogP contribution in [0, 0.1) is 13.8 Å². The number of nitrogens with one attached hydrogen (secondary N) is 1. The molecule has 3 aromatic carbocycles. The van der Waals surface area contributed by atoms with Crippen LogP contribution in [0.4, 0.5) is 10.5 Å². The fourth-order valence-corrected chi connectivity index (χ4v) is 5.34. The molecular formula is C29H24Br2N2O6S. The van der Waals surface area contributed by atoms with Gasteiger partial charge >= 0.3 is 0 Å². The second-order valence-corrected chi connectivity index (χ2v) is 11.6. The van der Waals surface area contributed by atoms with Gasteiger partial charge in [0.1, 0.15) is 0 Å². The van der Waals surface area contributed by atoms with Crippen molar-refractivity contribution < 1.29 is 28.7 Å². The minimum Gasteiger partial charge on any atom is -0.493 e. The summed E-state index contributed by atoms with van der Waals surface area (Å²) in [5.41, 5.74) is 3.67. The maximum Gasteiger partial charge on any atom is 0.293 e. The highest BCUT2D eigenvalue weighted by Gasteiger charge is 2.36. The molecule has 0 saturated carbocycles. The van der Waals surface area contributed by atoms with Gasteiger partial charge in [0.2, 0.25) is 0 Å². The Kier molecular flexibility index (Phi) is 9.49. The van der Waals surface area contributed by atoms with Crippen molar-refractivity contribution in [3.05, 3.63) is 90.7 Å². The first-order valence-corrected chi connectivity index (χ1v) is 14.4. The molecule has 1 aliphatic rings. The number of carbonyl (C=O) groups excluding carboxylic acids is 4. The van der Waals surface area contributed by atoms with E-state index < -0.39 is 11.1 Å². The number of hydrogen-bond acceptors (Lipinski definition) is 7. The number of ether oxygens (including phenoxy) is 2. The third kappa shape index (κ3) is 6.83. The van der Waals surface area contributed by atoms with Crippen LogP contribution in [0.3, 0.4) is 0 Å². The molecule has 11 heteroatoms. The molecule has 0 spiro atoms. The van der Waals surface area contributed by atoms with E-state index in [2.05, 4.69) is 37.2 Å². The molecule has 1 heterocycles. The smallest absolute Gasteiger partial charge is 0.293 e. The van der Waals surface area contributed by atoms with Gasteiger partial charge in [0.25, 0.3) is 17.1 Å². The van der Waals surface area contributed by atoms with Crippen LogP contribution in [0.2, 0.25) is 0 Å². The second-order valence-electron chi connectivity index (χ2n) is 8.79. The third-order valence-electron chi connectivity index (χ3n) is 6.18. The average Bonchev–Trinajstić information content (AvgIpc) is 3.20. The summed E-state index contributed by atoms with van der Waals surface area (Å²) < 4.78 is 12.9. The third-order valence-corrected chi connectivity index (χ3v) is 8.48. The molecule has 0 aromatic heterocycles.